The highest BCUT2D eigenvalue weighted by molar-refractivity contribution is 5.85. The maximum atomic E-state index is 12.8. The fraction of sp³-hybridized carbons (Fsp3) is 0.625. The summed E-state index contributed by atoms with van der Waals surface area (Å²) in [6, 6.07) is 1.28. The van der Waals surface area contributed by atoms with Gasteiger partial charge in [-0.25, -0.2) is 19.4 Å². The number of nitrogens with zero attached hydrogens (tertiary/aromatic N) is 2. The minimum Gasteiger partial charge on any atom is -0.496 e. The van der Waals surface area contributed by atoms with Gasteiger partial charge in [0.25, 0.3) is 0 Å². The number of amides is 3. The summed E-state index contributed by atoms with van der Waals surface area (Å²) >= 11 is 0. The zero-order valence-electron chi connectivity index (χ0n) is 22.1. The third-order valence-electron chi connectivity index (χ3n) is 4.35. The van der Waals surface area contributed by atoms with Crippen LogP contribution in [0.5, 0.6) is 5.75 Å². The van der Waals surface area contributed by atoms with Crippen molar-refractivity contribution in [2.75, 3.05) is 26.7 Å². The fourth-order valence-electron chi connectivity index (χ4n) is 2.83. The molecule has 1 heterocycles. The average Bonchev–Trinajstić information content (AvgIpc) is 2.73. The SMILES string of the molecule is COc1cc(C(=O)O)ncc1CN(CCNC(=O)CCCNC(=O)OC(C)(C)C)C(=O)OC(C)(C)C. The molecule has 0 spiro atoms. The first kappa shape index (κ1) is 30.5. The average molecular weight is 511 g/mol. The van der Waals surface area contributed by atoms with Crippen LogP contribution >= 0.6 is 0 Å². The van der Waals surface area contributed by atoms with Crippen LogP contribution in [-0.2, 0) is 20.8 Å². The van der Waals surface area contributed by atoms with Crippen molar-refractivity contribution in [2.24, 2.45) is 0 Å². The molecule has 12 heteroatoms. The molecule has 0 saturated heterocycles. The molecule has 0 aliphatic heterocycles. The van der Waals surface area contributed by atoms with Crippen LogP contribution in [0.25, 0.3) is 0 Å². The minimum atomic E-state index is -1.20. The van der Waals surface area contributed by atoms with E-state index in [9.17, 15) is 19.2 Å². The van der Waals surface area contributed by atoms with Crippen molar-refractivity contribution in [2.45, 2.75) is 72.1 Å². The van der Waals surface area contributed by atoms with Gasteiger partial charge in [-0.2, -0.15) is 0 Å². The molecule has 3 N–H and O–H groups in total. The summed E-state index contributed by atoms with van der Waals surface area (Å²) in [7, 11) is 1.39. The van der Waals surface area contributed by atoms with Gasteiger partial charge >= 0.3 is 18.2 Å². The first-order valence-corrected chi connectivity index (χ1v) is 11.6. The second-order valence-corrected chi connectivity index (χ2v) is 9.97. The molecular weight excluding hydrogens is 472 g/mol. The third-order valence-corrected chi connectivity index (χ3v) is 4.35. The van der Waals surface area contributed by atoms with Gasteiger partial charge in [0.2, 0.25) is 5.91 Å². The predicted molar refractivity (Wildman–Crippen MR) is 131 cm³/mol. The van der Waals surface area contributed by atoms with Crippen LogP contribution in [0.1, 0.15) is 70.4 Å². The van der Waals surface area contributed by atoms with E-state index in [0.29, 0.717) is 12.0 Å². The number of carbonyl (C=O) groups excluding carboxylic acids is 3. The van der Waals surface area contributed by atoms with Crippen LogP contribution in [0.2, 0.25) is 0 Å². The lowest BCUT2D eigenvalue weighted by Crippen LogP contribution is -2.41. The number of aromatic nitrogens is 1. The first-order valence-electron chi connectivity index (χ1n) is 11.6. The van der Waals surface area contributed by atoms with Crippen LogP contribution in [0.3, 0.4) is 0 Å². The topological polar surface area (TPSA) is 156 Å². The summed E-state index contributed by atoms with van der Waals surface area (Å²) in [5, 5.41) is 14.5. The smallest absolute Gasteiger partial charge is 0.410 e. The molecule has 0 fully saturated rings. The highest BCUT2D eigenvalue weighted by Gasteiger charge is 2.24. The normalized spacial score (nSPS) is 11.3. The maximum absolute atomic E-state index is 12.8. The van der Waals surface area contributed by atoms with Crippen molar-refractivity contribution in [3.63, 3.8) is 0 Å². The molecule has 3 amide bonds. The van der Waals surface area contributed by atoms with Crippen molar-refractivity contribution < 1.29 is 38.5 Å². The Morgan fingerprint density at radius 2 is 1.64 bits per heavy atom. The minimum absolute atomic E-state index is 0.0284. The molecule has 0 atom stereocenters. The Labute approximate surface area is 211 Å². The van der Waals surface area contributed by atoms with E-state index in [4.69, 9.17) is 19.3 Å². The Balaban J connectivity index is 2.68. The van der Waals surface area contributed by atoms with Gasteiger partial charge in [0.1, 0.15) is 17.0 Å². The zero-order valence-corrected chi connectivity index (χ0v) is 22.1. The number of aromatic carboxylic acids is 1. The standard InChI is InChI=1S/C24H38N4O8/c1-23(2,3)35-21(32)26-10-8-9-19(29)25-11-12-28(22(33)36-24(4,5)6)15-16-14-27-17(20(30)31)13-18(16)34-7/h13-14H,8-12,15H2,1-7H3,(H,25,29)(H,26,32)(H,30,31). The van der Waals surface area contributed by atoms with Crippen molar-refractivity contribution in [1.29, 1.82) is 0 Å². The quantitative estimate of drug-likeness (QED) is 0.381. The van der Waals surface area contributed by atoms with Crippen molar-refractivity contribution in [3.8, 4) is 5.75 Å². The molecule has 202 valence electrons. The summed E-state index contributed by atoms with van der Waals surface area (Å²) in [6.07, 6.45) is 0.770. The molecule has 0 radical (unpaired) electrons. The van der Waals surface area contributed by atoms with Gasteiger partial charge in [0.05, 0.1) is 13.7 Å². The maximum Gasteiger partial charge on any atom is 0.410 e. The van der Waals surface area contributed by atoms with E-state index in [1.54, 1.807) is 41.5 Å². The number of carboxylic acids is 1. The van der Waals surface area contributed by atoms with E-state index in [1.807, 2.05) is 0 Å². The second kappa shape index (κ2) is 13.5. The lowest BCUT2D eigenvalue weighted by Gasteiger charge is -2.28. The molecule has 0 unspecified atom stereocenters. The lowest BCUT2D eigenvalue weighted by molar-refractivity contribution is -0.121. The molecule has 0 saturated carbocycles. The van der Waals surface area contributed by atoms with Crippen molar-refractivity contribution in [3.05, 3.63) is 23.5 Å². The summed E-state index contributed by atoms with van der Waals surface area (Å²) in [6.45, 7) is 11.1. The predicted octanol–water partition coefficient (Wildman–Crippen LogP) is 2.95. The monoisotopic (exact) mass is 510 g/mol. The molecule has 1 rings (SSSR count). The molecule has 36 heavy (non-hydrogen) atoms. The van der Waals surface area contributed by atoms with Crippen LogP contribution in [0.15, 0.2) is 12.3 Å². The van der Waals surface area contributed by atoms with Gasteiger partial charge in [0, 0.05) is 43.9 Å². The number of methoxy groups -OCH3 is 1. The second-order valence-electron chi connectivity index (χ2n) is 9.97. The van der Waals surface area contributed by atoms with E-state index in [2.05, 4.69) is 15.6 Å². The molecule has 1 aromatic rings. The number of ether oxygens (including phenoxy) is 3. The fourth-order valence-corrected chi connectivity index (χ4v) is 2.83. The van der Waals surface area contributed by atoms with E-state index < -0.39 is 29.4 Å². The molecule has 12 nitrogen and oxygen atoms in total. The largest absolute Gasteiger partial charge is 0.496 e. The highest BCUT2D eigenvalue weighted by Crippen LogP contribution is 2.21. The van der Waals surface area contributed by atoms with Crippen LogP contribution in [0, 0.1) is 0 Å². The number of nitrogens with one attached hydrogen (secondary N) is 2. The van der Waals surface area contributed by atoms with Crippen LogP contribution in [-0.4, -0.2) is 77.0 Å². The van der Waals surface area contributed by atoms with Crippen LogP contribution in [0.4, 0.5) is 9.59 Å². The summed E-state index contributed by atoms with van der Waals surface area (Å²) in [4.78, 5) is 53.0. The summed E-state index contributed by atoms with van der Waals surface area (Å²) in [5.74, 6) is -1.18. The lowest BCUT2D eigenvalue weighted by atomic mass is 10.2. The molecule has 0 aromatic carbocycles. The number of carboxylic acid groups (broad SMARTS) is 1. The Bertz CT molecular complexity index is 922. The number of pyridine rings is 1. The van der Waals surface area contributed by atoms with Gasteiger partial charge in [-0.05, 0) is 48.0 Å². The van der Waals surface area contributed by atoms with E-state index in [1.165, 1.54) is 24.3 Å². The third kappa shape index (κ3) is 12.2. The number of carbonyl (C=O) groups is 4. The number of hydrogen-bond acceptors (Lipinski definition) is 8. The number of hydrogen-bond donors (Lipinski definition) is 3. The molecule has 0 aliphatic carbocycles. The van der Waals surface area contributed by atoms with Crippen molar-refractivity contribution >= 4 is 24.1 Å². The molecule has 0 bridgehead atoms. The van der Waals surface area contributed by atoms with Gasteiger partial charge in [-0.1, -0.05) is 0 Å². The molecule has 1 aromatic heterocycles. The zero-order chi connectivity index (χ0) is 27.5. The van der Waals surface area contributed by atoms with Gasteiger partial charge < -0.3 is 34.9 Å². The van der Waals surface area contributed by atoms with E-state index >= 15 is 0 Å². The summed E-state index contributed by atoms with van der Waals surface area (Å²) < 4.78 is 15.9. The Kier molecular flexibility index (Phi) is 11.4. The number of alkyl carbamates (subject to hydrolysis) is 1. The molecular formula is C24H38N4O8. The highest BCUT2D eigenvalue weighted by atomic mass is 16.6. The first-order chi connectivity index (χ1) is 16.6. The van der Waals surface area contributed by atoms with Gasteiger partial charge in [-0.15, -0.1) is 0 Å². The van der Waals surface area contributed by atoms with Crippen LogP contribution < -0.4 is 15.4 Å². The van der Waals surface area contributed by atoms with Crippen molar-refractivity contribution in [1.82, 2.24) is 20.5 Å². The Morgan fingerprint density at radius 1 is 1.00 bits per heavy atom. The van der Waals surface area contributed by atoms with Gasteiger partial charge in [0.15, 0.2) is 5.69 Å². The van der Waals surface area contributed by atoms with E-state index in [0.717, 1.165) is 0 Å². The summed E-state index contributed by atoms with van der Waals surface area (Å²) in [5.41, 5.74) is -1.05. The Hall–Kier alpha value is -3.57. The molecule has 0 aliphatic rings. The Morgan fingerprint density at radius 3 is 2.19 bits per heavy atom. The van der Waals surface area contributed by atoms with E-state index in [-0.39, 0.29) is 50.0 Å². The van der Waals surface area contributed by atoms with Gasteiger partial charge in [-0.3, -0.25) is 4.79 Å². The number of rotatable bonds is 11.